The van der Waals surface area contributed by atoms with Crippen molar-refractivity contribution in [2.75, 3.05) is 19.8 Å². The molecule has 0 spiro atoms. The van der Waals surface area contributed by atoms with E-state index in [0.29, 0.717) is 6.10 Å². The first-order valence-electron chi connectivity index (χ1n) is 7.40. The van der Waals surface area contributed by atoms with Gasteiger partial charge in [0.15, 0.2) is 0 Å². The standard InChI is InChI=1S/C16H23NO2/c18-12-16(17-11-14-6-3-4-10-19-14)9-8-13-5-1-2-7-15(13)16/h1-2,5,7,14,17-18H,3-4,6,8-12H2. The maximum absolute atomic E-state index is 9.89. The molecule has 104 valence electrons. The van der Waals surface area contributed by atoms with Crippen LogP contribution in [0.4, 0.5) is 0 Å². The van der Waals surface area contributed by atoms with Gasteiger partial charge in [-0.25, -0.2) is 0 Å². The first-order valence-corrected chi connectivity index (χ1v) is 7.40. The Morgan fingerprint density at radius 3 is 3.00 bits per heavy atom. The zero-order chi connectivity index (χ0) is 13.1. The maximum atomic E-state index is 9.89. The Morgan fingerprint density at radius 2 is 2.21 bits per heavy atom. The lowest BCUT2D eigenvalue weighted by Crippen LogP contribution is -2.47. The predicted octanol–water partition coefficient (Wildman–Crippen LogP) is 1.98. The molecule has 1 aromatic rings. The van der Waals surface area contributed by atoms with Crippen molar-refractivity contribution in [3.05, 3.63) is 35.4 Å². The molecule has 0 bridgehead atoms. The van der Waals surface area contributed by atoms with Crippen molar-refractivity contribution < 1.29 is 9.84 Å². The van der Waals surface area contributed by atoms with Crippen molar-refractivity contribution in [2.24, 2.45) is 0 Å². The van der Waals surface area contributed by atoms with Crippen LogP contribution in [0, 0.1) is 0 Å². The number of aryl methyl sites for hydroxylation is 1. The fourth-order valence-electron chi connectivity index (χ4n) is 3.37. The topological polar surface area (TPSA) is 41.5 Å². The summed E-state index contributed by atoms with van der Waals surface area (Å²) in [5.74, 6) is 0. The quantitative estimate of drug-likeness (QED) is 0.871. The first-order chi connectivity index (χ1) is 9.34. The number of benzene rings is 1. The lowest BCUT2D eigenvalue weighted by Gasteiger charge is -2.33. The van der Waals surface area contributed by atoms with Crippen LogP contribution in [0.15, 0.2) is 24.3 Å². The molecule has 2 unspecified atom stereocenters. The average molecular weight is 261 g/mol. The molecule has 1 aliphatic carbocycles. The van der Waals surface area contributed by atoms with E-state index in [0.717, 1.165) is 32.4 Å². The van der Waals surface area contributed by atoms with Crippen LogP contribution in [0.25, 0.3) is 0 Å². The molecule has 3 nitrogen and oxygen atoms in total. The van der Waals surface area contributed by atoms with Gasteiger partial charge in [-0.2, -0.15) is 0 Å². The van der Waals surface area contributed by atoms with Gasteiger partial charge in [0, 0.05) is 13.2 Å². The molecule has 2 N–H and O–H groups in total. The molecule has 1 aromatic carbocycles. The minimum Gasteiger partial charge on any atom is -0.394 e. The lowest BCUT2D eigenvalue weighted by atomic mass is 9.92. The van der Waals surface area contributed by atoms with Crippen LogP contribution in [0.3, 0.4) is 0 Å². The van der Waals surface area contributed by atoms with Gasteiger partial charge in [-0.15, -0.1) is 0 Å². The van der Waals surface area contributed by atoms with Crippen molar-refractivity contribution in [2.45, 2.75) is 43.7 Å². The van der Waals surface area contributed by atoms with E-state index in [2.05, 4.69) is 29.6 Å². The van der Waals surface area contributed by atoms with E-state index in [9.17, 15) is 5.11 Å². The summed E-state index contributed by atoms with van der Waals surface area (Å²) in [5, 5.41) is 13.5. The van der Waals surface area contributed by atoms with Gasteiger partial charge in [-0.05, 0) is 43.2 Å². The van der Waals surface area contributed by atoms with Crippen LogP contribution in [0.5, 0.6) is 0 Å². The van der Waals surface area contributed by atoms with Crippen LogP contribution < -0.4 is 5.32 Å². The van der Waals surface area contributed by atoms with E-state index in [1.807, 2.05) is 0 Å². The van der Waals surface area contributed by atoms with Crippen molar-refractivity contribution in [3.8, 4) is 0 Å². The molecule has 0 saturated carbocycles. The van der Waals surface area contributed by atoms with Crippen molar-refractivity contribution in [3.63, 3.8) is 0 Å². The molecular weight excluding hydrogens is 238 g/mol. The zero-order valence-corrected chi connectivity index (χ0v) is 11.4. The number of ether oxygens (including phenoxy) is 1. The van der Waals surface area contributed by atoms with E-state index < -0.39 is 0 Å². The summed E-state index contributed by atoms with van der Waals surface area (Å²) in [6, 6.07) is 8.46. The Labute approximate surface area is 115 Å². The van der Waals surface area contributed by atoms with Gasteiger partial charge in [0.1, 0.15) is 0 Å². The molecule has 2 atom stereocenters. The minimum atomic E-state index is -0.253. The highest BCUT2D eigenvalue weighted by Gasteiger charge is 2.38. The van der Waals surface area contributed by atoms with E-state index >= 15 is 0 Å². The minimum absolute atomic E-state index is 0.163. The number of nitrogens with one attached hydrogen (secondary N) is 1. The molecule has 2 aliphatic rings. The highest BCUT2D eigenvalue weighted by Crippen LogP contribution is 2.36. The van der Waals surface area contributed by atoms with Gasteiger partial charge in [-0.1, -0.05) is 24.3 Å². The fourth-order valence-corrected chi connectivity index (χ4v) is 3.37. The smallest absolute Gasteiger partial charge is 0.0699 e. The van der Waals surface area contributed by atoms with Crippen LogP contribution in [-0.4, -0.2) is 31.0 Å². The summed E-state index contributed by atoms with van der Waals surface area (Å²) < 4.78 is 5.77. The summed E-state index contributed by atoms with van der Waals surface area (Å²) >= 11 is 0. The molecule has 3 heteroatoms. The van der Waals surface area contributed by atoms with Crippen molar-refractivity contribution in [1.82, 2.24) is 5.32 Å². The van der Waals surface area contributed by atoms with Crippen LogP contribution in [0.1, 0.15) is 36.8 Å². The van der Waals surface area contributed by atoms with Gasteiger partial charge >= 0.3 is 0 Å². The second-order valence-corrected chi connectivity index (χ2v) is 5.77. The predicted molar refractivity (Wildman–Crippen MR) is 75.1 cm³/mol. The highest BCUT2D eigenvalue weighted by molar-refractivity contribution is 5.38. The average Bonchev–Trinajstić information content (AvgIpc) is 2.86. The van der Waals surface area contributed by atoms with E-state index in [1.165, 1.54) is 24.0 Å². The number of aliphatic hydroxyl groups is 1. The first kappa shape index (κ1) is 13.1. The third-order valence-corrected chi connectivity index (χ3v) is 4.57. The SMILES string of the molecule is OCC1(NCC2CCCCO2)CCc2ccccc21. The monoisotopic (exact) mass is 261 g/mol. The van der Waals surface area contributed by atoms with E-state index in [4.69, 9.17) is 4.74 Å². The van der Waals surface area contributed by atoms with E-state index in [1.54, 1.807) is 0 Å². The second-order valence-electron chi connectivity index (χ2n) is 5.77. The Hall–Kier alpha value is -0.900. The summed E-state index contributed by atoms with van der Waals surface area (Å²) in [6.45, 7) is 1.89. The summed E-state index contributed by atoms with van der Waals surface area (Å²) in [5.41, 5.74) is 2.39. The zero-order valence-electron chi connectivity index (χ0n) is 11.4. The Kier molecular flexibility index (Phi) is 3.87. The van der Waals surface area contributed by atoms with Crippen LogP contribution in [0.2, 0.25) is 0 Å². The Morgan fingerprint density at radius 1 is 1.32 bits per heavy atom. The lowest BCUT2D eigenvalue weighted by molar-refractivity contribution is 0.00835. The molecule has 1 heterocycles. The van der Waals surface area contributed by atoms with Gasteiger partial charge in [0.25, 0.3) is 0 Å². The number of hydrogen-bond donors (Lipinski definition) is 2. The second kappa shape index (κ2) is 5.61. The third-order valence-electron chi connectivity index (χ3n) is 4.57. The maximum Gasteiger partial charge on any atom is 0.0699 e. The molecule has 1 aliphatic heterocycles. The molecular formula is C16H23NO2. The molecule has 0 amide bonds. The van der Waals surface area contributed by atoms with Gasteiger partial charge in [0.2, 0.25) is 0 Å². The van der Waals surface area contributed by atoms with Gasteiger partial charge in [0.05, 0.1) is 18.2 Å². The number of aliphatic hydroxyl groups excluding tert-OH is 1. The molecule has 19 heavy (non-hydrogen) atoms. The molecule has 1 saturated heterocycles. The number of fused-ring (bicyclic) bond motifs is 1. The molecule has 1 fully saturated rings. The van der Waals surface area contributed by atoms with Crippen molar-refractivity contribution in [1.29, 1.82) is 0 Å². The van der Waals surface area contributed by atoms with Crippen molar-refractivity contribution >= 4 is 0 Å². The Balaban J connectivity index is 1.70. The fraction of sp³-hybridized carbons (Fsp3) is 0.625. The van der Waals surface area contributed by atoms with Crippen LogP contribution in [-0.2, 0) is 16.7 Å². The third kappa shape index (κ3) is 2.55. The Bertz CT molecular complexity index is 429. The summed E-state index contributed by atoms with van der Waals surface area (Å²) in [7, 11) is 0. The highest BCUT2D eigenvalue weighted by atomic mass is 16.5. The number of rotatable bonds is 4. The summed E-state index contributed by atoms with van der Waals surface area (Å²) in [6.07, 6.45) is 5.92. The van der Waals surface area contributed by atoms with Crippen LogP contribution >= 0.6 is 0 Å². The van der Waals surface area contributed by atoms with Gasteiger partial charge < -0.3 is 15.2 Å². The molecule has 3 rings (SSSR count). The molecule has 0 radical (unpaired) electrons. The molecule has 0 aromatic heterocycles. The number of hydrogen-bond acceptors (Lipinski definition) is 3. The normalized spacial score (nSPS) is 30.3. The largest absolute Gasteiger partial charge is 0.394 e. The van der Waals surface area contributed by atoms with Gasteiger partial charge in [-0.3, -0.25) is 0 Å². The summed E-state index contributed by atoms with van der Waals surface area (Å²) in [4.78, 5) is 0. The van der Waals surface area contributed by atoms with E-state index in [-0.39, 0.29) is 12.1 Å².